The van der Waals surface area contributed by atoms with Crippen LogP contribution in [0.2, 0.25) is 5.02 Å². The third kappa shape index (κ3) is 4.34. The van der Waals surface area contributed by atoms with Gasteiger partial charge in [-0.1, -0.05) is 47.5 Å². The Morgan fingerprint density at radius 3 is 2.70 bits per heavy atom. The van der Waals surface area contributed by atoms with Crippen molar-refractivity contribution in [2.24, 2.45) is 0 Å². The molecule has 150 valence electrons. The van der Waals surface area contributed by atoms with Crippen LogP contribution in [-0.2, 0) is 6.54 Å². The van der Waals surface area contributed by atoms with E-state index in [1.807, 2.05) is 31.2 Å². The Balaban J connectivity index is 1.52. The Morgan fingerprint density at radius 2 is 1.90 bits per heavy atom. The fraction of sp³-hybridized carbons (Fsp3) is 0.0870. The minimum atomic E-state index is -0.306. The van der Waals surface area contributed by atoms with E-state index in [1.165, 1.54) is 6.20 Å². The number of hydrogen-bond donors (Lipinski definition) is 3. The van der Waals surface area contributed by atoms with Gasteiger partial charge in [-0.05, 0) is 36.8 Å². The first-order valence-corrected chi connectivity index (χ1v) is 9.75. The van der Waals surface area contributed by atoms with Crippen LogP contribution in [0.25, 0.3) is 11.0 Å². The summed E-state index contributed by atoms with van der Waals surface area (Å²) in [5.74, 6) is -0.525. The molecule has 0 atom stereocenters. The fourth-order valence-electron chi connectivity index (χ4n) is 3.19. The molecule has 0 fully saturated rings. The number of fused-ring (bicyclic) bond motifs is 1. The highest BCUT2D eigenvalue weighted by Gasteiger charge is 2.14. The van der Waals surface area contributed by atoms with Crippen molar-refractivity contribution in [1.82, 2.24) is 15.3 Å². The molecule has 0 spiro atoms. The van der Waals surface area contributed by atoms with Gasteiger partial charge in [-0.25, -0.2) is 4.98 Å². The van der Waals surface area contributed by atoms with Gasteiger partial charge in [0.15, 0.2) is 0 Å². The number of aryl methyl sites for hydroxylation is 1. The molecule has 30 heavy (non-hydrogen) atoms. The molecule has 0 aliphatic heterocycles. The van der Waals surface area contributed by atoms with E-state index in [-0.39, 0.29) is 11.8 Å². The average Bonchev–Trinajstić information content (AvgIpc) is 3.15. The van der Waals surface area contributed by atoms with Gasteiger partial charge in [0.2, 0.25) is 0 Å². The van der Waals surface area contributed by atoms with Gasteiger partial charge < -0.3 is 15.6 Å². The molecular formula is C23H19ClN4O2. The van der Waals surface area contributed by atoms with Crippen LogP contribution in [0.15, 0.2) is 67.0 Å². The molecule has 6 nitrogen and oxygen atoms in total. The van der Waals surface area contributed by atoms with Gasteiger partial charge in [0, 0.05) is 28.7 Å². The number of amides is 2. The highest BCUT2D eigenvalue weighted by molar-refractivity contribution is 6.31. The molecule has 0 bridgehead atoms. The first-order valence-electron chi connectivity index (χ1n) is 9.37. The van der Waals surface area contributed by atoms with E-state index in [2.05, 4.69) is 20.6 Å². The molecule has 2 amide bonds. The van der Waals surface area contributed by atoms with E-state index >= 15 is 0 Å². The number of halogens is 1. The van der Waals surface area contributed by atoms with Crippen LogP contribution in [0, 0.1) is 6.92 Å². The number of pyridine rings is 1. The minimum Gasteiger partial charge on any atom is -0.348 e. The van der Waals surface area contributed by atoms with Gasteiger partial charge in [-0.2, -0.15) is 0 Å². The van der Waals surface area contributed by atoms with Crippen molar-refractivity contribution in [3.63, 3.8) is 0 Å². The molecule has 0 saturated heterocycles. The van der Waals surface area contributed by atoms with Gasteiger partial charge in [-0.3, -0.25) is 9.59 Å². The summed E-state index contributed by atoms with van der Waals surface area (Å²) in [5.41, 5.74) is 4.11. The van der Waals surface area contributed by atoms with E-state index in [0.29, 0.717) is 39.4 Å². The lowest BCUT2D eigenvalue weighted by molar-refractivity contribution is 0.0952. The maximum atomic E-state index is 12.7. The van der Waals surface area contributed by atoms with Crippen molar-refractivity contribution >= 4 is 40.1 Å². The van der Waals surface area contributed by atoms with Crippen LogP contribution >= 0.6 is 11.6 Å². The number of nitrogens with one attached hydrogen (secondary N) is 3. The molecule has 0 aliphatic carbocycles. The zero-order valence-electron chi connectivity index (χ0n) is 16.2. The highest BCUT2D eigenvalue weighted by Crippen LogP contribution is 2.21. The fourth-order valence-corrected chi connectivity index (χ4v) is 3.38. The largest absolute Gasteiger partial charge is 0.348 e. The summed E-state index contributed by atoms with van der Waals surface area (Å²) in [5, 5.41) is 6.82. The van der Waals surface area contributed by atoms with Crippen molar-refractivity contribution in [3.8, 4) is 0 Å². The zero-order valence-corrected chi connectivity index (χ0v) is 17.0. The topological polar surface area (TPSA) is 86.9 Å². The molecular weight excluding hydrogens is 400 g/mol. The summed E-state index contributed by atoms with van der Waals surface area (Å²) in [7, 11) is 0. The summed E-state index contributed by atoms with van der Waals surface area (Å²) in [6, 6.07) is 16.4. The van der Waals surface area contributed by atoms with Crippen molar-refractivity contribution in [2.75, 3.05) is 5.32 Å². The molecule has 4 aromatic rings. The maximum absolute atomic E-state index is 12.7. The van der Waals surface area contributed by atoms with Gasteiger partial charge in [0.1, 0.15) is 5.65 Å². The van der Waals surface area contributed by atoms with Crippen molar-refractivity contribution in [3.05, 3.63) is 94.3 Å². The lowest BCUT2D eigenvalue weighted by Gasteiger charge is -2.07. The van der Waals surface area contributed by atoms with Crippen molar-refractivity contribution < 1.29 is 9.59 Å². The molecule has 0 saturated carbocycles. The maximum Gasteiger partial charge on any atom is 0.255 e. The Hall–Kier alpha value is -3.64. The molecule has 0 aliphatic rings. The summed E-state index contributed by atoms with van der Waals surface area (Å²) in [6.07, 6.45) is 3.15. The van der Waals surface area contributed by atoms with E-state index in [1.54, 1.807) is 36.5 Å². The molecule has 7 heteroatoms. The number of rotatable bonds is 5. The summed E-state index contributed by atoms with van der Waals surface area (Å²) in [6.45, 7) is 2.43. The van der Waals surface area contributed by atoms with E-state index in [9.17, 15) is 9.59 Å². The third-order valence-corrected chi connectivity index (χ3v) is 4.89. The predicted octanol–water partition coefficient (Wildman–Crippen LogP) is 4.71. The number of nitrogens with zero attached hydrogens (tertiary/aromatic N) is 1. The monoisotopic (exact) mass is 418 g/mol. The van der Waals surface area contributed by atoms with Gasteiger partial charge in [-0.15, -0.1) is 0 Å². The number of aromatic amines is 1. The number of anilines is 1. The molecule has 2 heterocycles. The molecule has 2 aromatic carbocycles. The average molecular weight is 419 g/mol. The first-order chi connectivity index (χ1) is 14.5. The quantitative estimate of drug-likeness (QED) is 0.438. The Morgan fingerprint density at radius 1 is 1.07 bits per heavy atom. The molecule has 3 N–H and O–H groups in total. The first kappa shape index (κ1) is 19.7. The number of carbonyl (C=O) groups is 2. The van der Waals surface area contributed by atoms with Crippen LogP contribution in [0.5, 0.6) is 0 Å². The second kappa shape index (κ2) is 8.39. The standard InChI is InChI=1S/C23H19ClN4O2/c1-14-4-2-5-15(8-14)11-27-23(30)20-13-26-21-19(20)10-18(12-25-21)28-22(29)16-6-3-7-17(24)9-16/h2-10,12-13H,11H2,1H3,(H,25,26)(H,27,30)(H,28,29). The summed E-state index contributed by atoms with van der Waals surface area (Å²) < 4.78 is 0. The highest BCUT2D eigenvalue weighted by atomic mass is 35.5. The summed E-state index contributed by atoms with van der Waals surface area (Å²) in [4.78, 5) is 32.5. The Kier molecular flexibility index (Phi) is 5.50. The predicted molar refractivity (Wildman–Crippen MR) is 118 cm³/mol. The molecule has 0 unspecified atom stereocenters. The molecule has 4 rings (SSSR count). The normalized spacial score (nSPS) is 10.7. The van der Waals surface area contributed by atoms with Crippen LogP contribution in [-0.4, -0.2) is 21.8 Å². The third-order valence-electron chi connectivity index (χ3n) is 4.66. The Labute approximate surface area is 178 Å². The number of hydrogen-bond acceptors (Lipinski definition) is 3. The lowest BCUT2D eigenvalue weighted by Crippen LogP contribution is -2.22. The number of H-pyrrole nitrogens is 1. The molecule has 0 radical (unpaired) electrons. The van der Waals surface area contributed by atoms with Crippen LogP contribution in [0.1, 0.15) is 31.8 Å². The number of carbonyl (C=O) groups excluding carboxylic acids is 2. The smallest absolute Gasteiger partial charge is 0.255 e. The Bertz CT molecular complexity index is 1250. The SMILES string of the molecule is Cc1cccc(CNC(=O)c2c[nH]c3ncc(NC(=O)c4cccc(Cl)c4)cc23)c1. The van der Waals surface area contributed by atoms with Crippen LogP contribution in [0.4, 0.5) is 5.69 Å². The van der Waals surface area contributed by atoms with Crippen LogP contribution < -0.4 is 10.6 Å². The van der Waals surface area contributed by atoms with Gasteiger partial charge in [0.25, 0.3) is 11.8 Å². The van der Waals surface area contributed by atoms with E-state index < -0.39 is 0 Å². The molecule has 2 aromatic heterocycles. The second-order valence-corrected chi connectivity index (χ2v) is 7.40. The van der Waals surface area contributed by atoms with Crippen molar-refractivity contribution in [2.45, 2.75) is 13.5 Å². The summed E-state index contributed by atoms with van der Waals surface area (Å²) >= 11 is 5.95. The zero-order chi connectivity index (χ0) is 21.1. The number of benzene rings is 2. The minimum absolute atomic E-state index is 0.220. The van der Waals surface area contributed by atoms with Crippen molar-refractivity contribution in [1.29, 1.82) is 0 Å². The lowest BCUT2D eigenvalue weighted by atomic mass is 10.1. The van der Waals surface area contributed by atoms with Crippen LogP contribution in [0.3, 0.4) is 0 Å². The second-order valence-electron chi connectivity index (χ2n) is 6.96. The van der Waals surface area contributed by atoms with Gasteiger partial charge in [0.05, 0.1) is 17.4 Å². The van der Waals surface area contributed by atoms with E-state index in [0.717, 1.165) is 11.1 Å². The van der Waals surface area contributed by atoms with E-state index in [4.69, 9.17) is 11.6 Å². The number of aromatic nitrogens is 2. The van der Waals surface area contributed by atoms with Gasteiger partial charge >= 0.3 is 0 Å².